The van der Waals surface area contributed by atoms with Crippen molar-refractivity contribution in [2.24, 2.45) is 0 Å². The summed E-state index contributed by atoms with van der Waals surface area (Å²) in [6.45, 7) is 28.2. The largest absolute Gasteiger partial charge is 0.310 e. The highest BCUT2D eigenvalue weighted by molar-refractivity contribution is 9.10. The number of fused-ring (bicyclic) bond motifs is 9. The Balaban J connectivity index is 0.980. The Morgan fingerprint density at radius 2 is 0.522 bits per heavy atom. The highest BCUT2D eigenvalue weighted by atomic mass is 79.9. The maximum atomic E-state index is 3.69. The van der Waals surface area contributed by atoms with Crippen LogP contribution in [-0.4, -0.2) is 0 Å². The molecule has 4 heteroatoms. The predicted octanol–water partition coefficient (Wildman–Crippen LogP) is 19.7. The van der Waals surface area contributed by atoms with Gasteiger partial charge in [0.25, 0.3) is 0 Å². The summed E-state index contributed by atoms with van der Waals surface area (Å²) in [5, 5.41) is 0. The minimum absolute atomic E-state index is 0.0781. The Kier molecular flexibility index (Phi) is 10.4. The number of nitrogens with zero attached hydrogens (tertiary/aromatic N) is 2. The molecule has 346 valence electrons. The molecule has 0 heterocycles. The lowest BCUT2D eigenvalue weighted by Gasteiger charge is -2.29. The van der Waals surface area contributed by atoms with Crippen LogP contribution in [0.5, 0.6) is 0 Å². The standard InChI is InChI=1S/C65H62Br2N2/c1-61(2,3)39-13-21-43(22-14-39)68(45-25-17-41(66)18-26-45)47-29-31-49-51-35-59-53(37-57(51)63(7,8)55(49)33-47)54-38-58-52(36-60(54)65(59,11)12)50-32-30-48(34-56(50)64(58,9)10)69(46-27-19-42(67)20-28-46)44-23-15-40(16-24-44)62(4,5)6/h13-38H,1-12H3. The lowest BCUT2D eigenvalue weighted by Crippen LogP contribution is -2.18. The summed E-state index contributed by atoms with van der Waals surface area (Å²) in [7, 11) is 0. The summed E-state index contributed by atoms with van der Waals surface area (Å²) in [4.78, 5) is 4.81. The quantitative estimate of drug-likeness (QED) is 0.164. The average molecular weight is 1030 g/mol. The minimum atomic E-state index is -0.208. The molecule has 0 spiro atoms. The third-order valence-electron chi connectivity index (χ3n) is 15.9. The molecule has 0 N–H and O–H groups in total. The van der Waals surface area contributed by atoms with Gasteiger partial charge in [0, 0.05) is 59.3 Å². The maximum absolute atomic E-state index is 3.69. The van der Waals surface area contributed by atoms with Crippen molar-refractivity contribution in [2.75, 3.05) is 9.80 Å². The summed E-state index contributed by atoms with van der Waals surface area (Å²) < 4.78 is 2.14. The highest BCUT2D eigenvalue weighted by Gasteiger charge is 2.45. The molecule has 2 nitrogen and oxygen atoms in total. The maximum Gasteiger partial charge on any atom is 0.0465 e. The van der Waals surface area contributed by atoms with Crippen LogP contribution in [0.3, 0.4) is 0 Å². The zero-order valence-electron chi connectivity index (χ0n) is 42.2. The summed E-state index contributed by atoms with van der Waals surface area (Å²) in [5.74, 6) is 0. The van der Waals surface area contributed by atoms with E-state index in [-0.39, 0.29) is 27.1 Å². The van der Waals surface area contributed by atoms with E-state index >= 15 is 0 Å². The molecular weight excluding hydrogens is 969 g/mol. The van der Waals surface area contributed by atoms with Crippen molar-refractivity contribution in [2.45, 2.75) is 110 Å². The Morgan fingerprint density at radius 1 is 0.290 bits per heavy atom. The van der Waals surface area contributed by atoms with Gasteiger partial charge in [0.05, 0.1) is 0 Å². The number of halogens is 2. The smallest absolute Gasteiger partial charge is 0.0465 e. The molecule has 0 amide bonds. The molecule has 0 radical (unpaired) electrons. The van der Waals surface area contributed by atoms with E-state index in [1.54, 1.807) is 0 Å². The Morgan fingerprint density at radius 3 is 0.797 bits per heavy atom. The van der Waals surface area contributed by atoms with Gasteiger partial charge >= 0.3 is 0 Å². The molecule has 69 heavy (non-hydrogen) atoms. The zero-order chi connectivity index (χ0) is 48.7. The van der Waals surface area contributed by atoms with Crippen molar-refractivity contribution < 1.29 is 0 Å². The van der Waals surface area contributed by atoms with E-state index in [9.17, 15) is 0 Å². The van der Waals surface area contributed by atoms with E-state index in [4.69, 9.17) is 0 Å². The van der Waals surface area contributed by atoms with Crippen molar-refractivity contribution >= 4 is 66.0 Å². The molecule has 0 unspecified atom stereocenters. The molecule has 8 aromatic rings. The van der Waals surface area contributed by atoms with Gasteiger partial charge in [-0.1, -0.05) is 151 Å². The lowest BCUT2D eigenvalue weighted by atomic mass is 9.78. The van der Waals surface area contributed by atoms with Crippen LogP contribution in [-0.2, 0) is 27.1 Å². The molecule has 0 atom stereocenters. The van der Waals surface area contributed by atoms with Crippen molar-refractivity contribution in [1.82, 2.24) is 0 Å². The first kappa shape index (κ1) is 45.7. The predicted molar refractivity (Wildman–Crippen MR) is 301 cm³/mol. The van der Waals surface area contributed by atoms with Crippen LogP contribution in [0.2, 0.25) is 0 Å². The number of rotatable bonds is 6. The zero-order valence-corrected chi connectivity index (χ0v) is 45.3. The monoisotopic (exact) mass is 1030 g/mol. The summed E-state index contributed by atoms with van der Waals surface area (Å²) in [6.07, 6.45) is 0. The van der Waals surface area contributed by atoms with E-state index in [0.717, 1.165) is 43.1 Å². The van der Waals surface area contributed by atoms with Gasteiger partial charge in [-0.25, -0.2) is 0 Å². The van der Waals surface area contributed by atoms with Gasteiger partial charge in [-0.2, -0.15) is 0 Å². The van der Waals surface area contributed by atoms with Crippen LogP contribution in [0.4, 0.5) is 34.1 Å². The number of anilines is 6. The highest BCUT2D eigenvalue weighted by Crippen LogP contribution is 2.60. The van der Waals surface area contributed by atoms with Crippen LogP contribution in [0.25, 0.3) is 33.4 Å². The molecule has 11 rings (SSSR count). The van der Waals surface area contributed by atoms with Crippen molar-refractivity contribution in [3.05, 3.63) is 211 Å². The molecule has 3 aliphatic rings. The Labute approximate surface area is 427 Å². The van der Waals surface area contributed by atoms with Gasteiger partial charge < -0.3 is 9.80 Å². The first-order valence-electron chi connectivity index (χ1n) is 24.5. The normalized spacial score (nSPS) is 15.4. The van der Waals surface area contributed by atoms with Gasteiger partial charge in [-0.3, -0.25) is 0 Å². The van der Waals surface area contributed by atoms with Crippen LogP contribution >= 0.6 is 31.9 Å². The molecule has 8 aromatic carbocycles. The molecule has 0 aliphatic heterocycles. The second kappa shape index (κ2) is 15.7. The first-order chi connectivity index (χ1) is 32.5. The number of hydrogen-bond acceptors (Lipinski definition) is 2. The third kappa shape index (κ3) is 7.29. The topological polar surface area (TPSA) is 6.48 Å². The van der Waals surface area contributed by atoms with Crippen LogP contribution in [0.1, 0.15) is 128 Å². The fraction of sp³-hybridized carbons (Fsp3) is 0.262. The molecular formula is C65H62Br2N2. The molecule has 0 fully saturated rings. The van der Waals surface area contributed by atoms with Gasteiger partial charge in [0.2, 0.25) is 0 Å². The lowest BCUT2D eigenvalue weighted by molar-refractivity contribution is 0.590. The fourth-order valence-electron chi connectivity index (χ4n) is 11.7. The van der Waals surface area contributed by atoms with Crippen molar-refractivity contribution in [3.8, 4) is 33.4 Å². The molecule has 0 saturated heterocycles. The van der Waals surface area contributed by atoms with Gasteiger partial charge in [-0.15, -0.1) is 0 Å². The minimum Gasteiger partial charge on any atom is -0.310 e. The third-order valence-corrected chi connectivity index (χ3v) is 17.0. The molecule has 3 aliphatic carbocycles. The summed E-state index contributed by atoms with van der Waals surface area (Å²) in [5.41, 5.74) is 25.6. The SMILES string of the molecule is CC(C)(C)c1ccc(N(c2ccc(Br)cc2)c2ccc3c(c2)C(C)(C)c2cc4c(cc2-3)C(C)(C)c2cc3c(cc2-4)C(C)(C)c2cc(N(c4ccc(Br)cc4)c4ccc(C(C)(C)C)cc4)ccc2-3)cc1. The van der Waals surface area contributed by atoms with Crippen LogP contribution in [0, 0.1) is 0 Å². The summed E-state index contributed by atoms with van der Waals surface area (Å²) in [6, 6.07) is 60.2. The molecule has 0 aromatic heterocycles. The van der Waals surface area contributed by atoms with Crippen LogP contribution < -0.4 is 9.80 Å². The second-order valence-electron chi connectivity index (χ2n) is 23.4. The first-order valence-corrected chi connectivity index (χ1v) is 26.1. The molecule has 0 saturated carbocycles. The number of benzene rings is 8. The van der Waals surface area contributed by atoms with Gasteiger partial charge in [0.15, 0.2) is 0 Å². The van der Waals surface area contributed by atoms with E-state index < -0.39 is 0 Å². The van der Waals surface area contributed by atoms with E-state index in [2.05, 4.69) is 282 Å². The second-order valence-corrected chi connectivity index (χ2v) is 25.3. The van der Waals surface area contributed by atoms with E-state index in [0.29, 0.717) is 0 Å². The van der Waals surface area contributed by atoms with Gasteiger partial charge in [0.1, 0.15) is 0 Å². The average Bonchev–Trinajstić information content (AvgIpc) is 3.77. The number of hydrogen-bond donors (Lipinski definition) is 0. The summed E-state index contributed by atoms with van der Waals surface area (Å²) >= 11 is 7.37. The van der Waals surface area contributed by atoms with E-state index in [1.807, 2.05) is 0 Å². The van der Waals surface area contributed by atoms with E-state index in [1.165, 1.54) is 77.9 Å². The van der Waals surface area contributed by atoms with Gasteiger partial charge in [-0.05, 0) is 210 Å². The van der Waals surface area contributed by atoms with Crippen molar-refractivity contribution in [1.29, 1.82) is 0 Å². The Bertz CT molecular complexity index is 3130. The van der Waals surface area contributed by atoms with Crippen molar-refractivity contribution in [3.63, 3.8) is 0 Å². The van der Waals surface area contributed by atoms with Crippen LogP contribution in [0.15, 0.2) is 167 Å². The Hall–Kier alpha value is -5.68. The fourth-order valence-corrected chi connectivity index (χ4v) is 12.3. The molecule has 0 bridgehead atoms.